The van der Waals surface area contributed by atoms with Gasteiger partial charge in [0.15, 0.2) is 0 Å². The first-order chi connectivity index (χ1) is 11.7. The molecule has 0 aliphatic rings. The molecule has 0 aromatic heterocycles. The lowest BCUT2D eigenvalue weighted by Gasteiger charge is -2.19. The Bertz CT molecular complexity index is 833. The van der Waals surface area contributed by atoms with Gasteiger partial charge in [0.2, 0.25) is 6.10 Å². The zero-order chi connectivity index (χ0) is 20.3. The van der Waals surface area contributed by atoms with E-state index in [0.29, 0.717) is 3.57 Å². The van der Waals surface area contributed by atoms with E-state index in [4.69, 9.17) is 9.29 Å². The molecule has 0 aliphatic carbocycles. The van der Waals surface area contributed by atoms with Crippen LogP contribution in [0.1, 0.15) is 17.3 Å². The number of ether oxygens (including phenoxy) is 2. The molecule has 0 bridgehead atoms. The summed E-state index contributed by atoms with van der Waals surface area (Å²) >= 11 is 1.76. The van der Waals surface area contributed by atoms with Gasteiger partial charge in [-0.25, -0.2) is 9.59 Å². The van der Waals surface area contributed by atoms with Gasteiger partial charge in [0.1, 0.15) is 11.5 Å². The summed E-state index contributed by atoms with van der Waals surface area (Å²) in [7, 11) is -5.05. The van der Waals surface area contributed by atoms with Gasteiger partial charge >= 0.3 is 18.1 Å². The molecule has 26 heavy (non-hydrogen) atoms. The van der Waals surface area contributed by atoms with Crippen molar-refractivity contribution in [3.05, 3.63) is 39.5 Å². The van der Waals surface area contributed by atoms with Crippen LogP contribution in [-0.4, -0.2) is 42.9 Å². The lowest BCUT2D eigenvalue weighted by atomic mass is 10.2. The van der Waals surface area contributed by atoms with Gasteiger partial charge in [0.05, 0.1) is 9.13 Å². The third kappa shape index (κ3) is 6.92. The molecule has 1 rings (SSSR count). The first kappa shape index (κ1) is 22.4. The molecule has 0 saturated carbocycles. The maximum Gasteiger partial charge on any atom is 0.426 e. The van der Waals surface area contributed by atoms with Crippen LogP contribution in [0.15, 0.2) is 30.4 Å². The molecule has 1 atom stereocenters. The quantitative estimate of drug-likeness (QED) is 0.207. The van der Waals surface area contributed by atoms with E-state index in [1.165, 1.54) is 13.0 Å². The Morgan fingerprint density at radius 2 is 1.92 bits per heavy atom. The summed E-state index contributed by atoms with van der Waals surface area (Å²) in [6, 6.07) is 3.35. The van der Waals surface area contributed by atoms with E-state index in [0.717, 1.165) is 12.1 Å². The third-order valence-corrected chi connectivity index (χ3v) is 4.31. The monoisotopic (exact) mass is 508 g/mol. The molecule has 144 valence electrons. The van der Waals surface area contributed by atoms with Crippen molar-refractivity contribution in [1.29, 1.82) is 0 Å². The molecule has 0 spiro atoms. The molecule has 0 amide bonds. The molecule has 1 aromatic carbocycles. The van der Waals surface area contributed by atoms with Crippen molar-refractivity contribution in [2.75, 3.05) is 5.75 Å². The summed E-state index contributed by atoms with van der Waals surface area (Å²) in [5, 5.41) is 0. The smallest absolute Gasteiger partial charge is 0.426 e. The molecule has 0 radical (unpaired) electrons. The molecule has 7 nitrogen and oxygen atoms in total. The number of hydrogen-bond acceptors (Lipinski definition) is 6. The average Bonchev–Trinajstić information content (AvgIpc) is 2.46. The van der Waals surface area contributed by atoms with Gasteiger partial charge < -0.3 is 9.47 Å². The Kier molecular flexibility index (Phi) is 7.18. The number of halogens is 4. The molecule has 1 N–H and O–H groups in total. The van der Waals surface area contributed by atoms with Gasteiger partial charge in [0, 0.05) is 5.57 Å². The van der Waals surface area contributed by atoms with Gasteiger partial charge in [-0.15, -0.1) is 0 Å². The van der Waals surface area contributed by atoms with Crippen LogP contribution in [0.25, 0.3) is 0 Å². The van der Waals surface area contributed by atoms with Crippen molar-refractivity contribution in [3.8, 4) is 5.75 Å². The SMILES string of the molecule is C=C(C)C(=O)Oc1cc(C(=O)OC(CS(=O)(=O)O)C(F)(F)F)ccc1I. The minimum absolute atomic E-state index is 0.0547. The van der Waals surface area contributed by atoms with Gasteiger partial charge in [-0.3, -0.25) is 4.55 Å². The first-order valence-corrected chi connectivity index (χ1v) is 9.29. The van der Waals surface area contributed by atoms with Gasteiger partial charge in [0.25, 0.3) is 10.1 Å². The van der Waals surface area contributed by atoms with Crippen LogP contribution in [-0.2, 0) is 19.6 Å². The minimum Gasteiger partial charge on any atom is -0.448 e. The van der Waals surface area contributed by atoms with Crippen molar-refractivity contribution < 1.29 is 45.2 Å². The fraction of sp³-hybridized carbons (Fsp3) is 0.286. The van der Waals surface area contributed by atoms with E-state index in [-0.39, 0.29) is 11.3 Å². The van der Waals surface area contributed by atoms with Gasteiger partial charge in [-0.05, 0) is 47.7 Å². The summed E-state index contributed by atoms with van der Waals surface area (Å²) < 4.78 is 77.8. The maximum absolute atomic E-state index is 12.8. The first-order valence-electron chi connectivity index (χ1n) is 6.61. The topological polar surface area (TPSA) is 107 Å². The van der Waals surface area contributed by atoms with Crippen LogP contribution in [0.2, 0.25) is 0 Å². The van der Waals surface area contributed by atoms with Crippen LogP contribution < -0.4 is 4.74 Å². The van der Waals surface area contributed by atoms with Crippen LogP contribution in [0, 0.1) is 3.57 Å². The summed E-state index contributed by atoms with van der Waals surface area (Å²) in [5.74, 6) is -4.29. The van der Waals surface area contributed by atoms with Crippen LogP contribution in [0.5, 0.6) is 5.75 Å². The molecule has 0 aliphatic heterocycles. The lowest BCUT2D eigenvalue weighted by Crippen LogP contribution is -2.39. The number of alkyl halides is 3. The highest BCUT2D eigenvalue weighted by Gasteiger charge is 2.45. The summed E-state index contributed by atoms with van der Waals surface area (Å²) in [6.45, 7) is 4.74. The van der Waals surface area contributed by atoms with E-state index in [1.807, 2.05) is 0 Å². The number of carbonyl (C=O) groups excluding carboxylic acids is 2. The maximum atomic E-state index is 12.8. The third-order valence-electron chi connectivity index (χ3n) is 2.69. The fourth-order valence-corrected chi connectivity index (χ4v) is 2.56. The standard InChI is InChI=1S/C14H12F3IO7S/c1-7(2)12(19)24-10-5-8(3-4-9(10)18)13(20)25-11(14(15,16)17)6-26(21,22)23/h3-5,11H,1,6H2,2H3,(H,21,22,23). The van der Waals surface area contributed by atoms with E-state index in [2.05, 4.69) is 11.3 Å². The highest BCUT2D eigenvalue weighted by atomic mass is 127. The molecule has 12 heteroatoms. The van der Waals surface area contributed by atoms with E-state index >= 15 is 0 Å². The van der Waals surface area contributed by atoms with Crippen LogP contribution >= 0.6 is 22.6 Å². The Hall–Kier alpha value is -1.67. The minimum atomic E-state index is -5.22. The van der Waals surface area contributed by atoms with Crippen LogP contribution in [0.4, 0.5) is 13.2 Å². The Morgan fingerprint density at radius 1 is 1.35 bits per heavy atom. The second-order valence-electron chi connectivity index (χ2n) is 5.00. The van der Waals surface area contributed by atoms with Crippen molar-refractivity contribution in [3.63, 3.8) is 0 Å². The summed E-state index contributed by atoms with van der Waals surface area (Å²) in [4.78, 5) is 23.4. The van der Waals surface area contributed by atoms with Crippen molar-refractivity contribution in [2.45, 2.75) is 19.2 Å². The predicted octanol–water partition coefficient (Wildman–Crippen LogP) is 2.75. The van der Waals surface area contributed by atoms with Gasteiger partial charge in [-0.2, -0.15) is 21.6 Å². The highest BCUT2D eigenvalue weighted by Crippen LogP contribution is 2.27. The average molecular weight is 508 g/mol. The molecule has 0 saturated heterocycles. The van der Waals surface area contributed by atoms with Crippen molar-refractivity contribution in [1.82, 2.24) is 0 Å². The second kappa shape index (κ2) is 8.35. The Morgan fingerprint density at radius 3 is 2.38 bits per heavy atom. The van der Waals surface area contributed by atoms with E-state index in [9.17, 15) is 31.2 Å². The summed E-state index contributed by atoms with van der Waals surface area (Å²) in [5.41, 5.74) is -0.362. The zero-order valence-electron chi connectivity index (χ0n) is 13.0. The summed E-state index contributed by atoms with van der Waals surface area (Å²) in [6.07, 6.45) is -8.28. The second-order valence-corrected chi connectivity index (χ2v) is 7.66. The number of rotatable bonds is 6. The number of esters is 2. The zero-order valence-corrected chi connectivity index (χ0v) is 16.0. The van der Waals surface area contributed by atoms with Crippen LogP contribution in [0.3, 0.4) is 0 Å². The highest BCUT2D eigenvalue weighted by molar-refractivity contribution is 14.1. The molecule has 1 unspecified atom stereocenters. The largest absolute Gasteiger partial charge is 0.448 e. The Labute approximate surface area is 160 Å². The van der Waals surface area contributed by atoms with Crippen molar-refractivity contribution >= 4 is 44.6 Å². The van der Waals surface area contributed by atoms with Crippen molar-refractivity contribution in [2.24, 2.45) is 0 Å². The fourth-order valence-electron chi connectivity index (χ4n) is 1.48. The molecule has 0 fully saturated rings. The lowest BCUT2D eigenvalue weighted by molar-refractivity contribution is -0.197. The van der Waals surface area contributed by atoms with E-state index in [1.54, 1.807) is 22.6 Å². The predicted molar refractivity (Wildman–Crippen MR) is 91.3 cm³/mol. The molecular weight excluding hydrogens is 496 g/mol. The normalized spacial score (nSPS) is 13.0. The van der Waals surface area contributed by atoms with Gasteiger partial charge in [-0.1, -0.05) is 6.58 Å². The number of hydrogen-bond donors (Lipinski definition) is 1. The van der Waals surface area contributed by atoms with E-state index < -0.39 is 45.7 Å². The molecule has 0 heterocycles. The number of carbonyl (C=O) groups is 2. The number of benzene rings is 1. The molecular formula is C14H12F3IO7S. The Balaban J connectivity index is 3.08. The molecule has 1 aromatic rings.